The Morgan fingerprint density at radius 3 is 1.16 bits per heavy atom. The van der Waals surface area contributed by atoms with Gasteiger partial charge >= 0.3 is 0 Å². The van der Waals surface area contributed by atoms with Gasteiger partial charge in [0.15, 0.2) is 0 Å². The fourth-order valence-electron chi connectivity index (χ4n) is 6.30. The summed E-state index contributed by atoms with van der Waals surface area (Å²) >= 11 is 0. The molecule has 2 aromatic rings. The zero-order valence-electron chi connectivity index (χ0n) is 22.5. The smallest absolute Gasteiger partial charge is 0.292 e. The van der Waals surface area contributed by atoms with Gasteiger partial charge in [-0.25, -0.2) is 0 Å². The topological polar surface area (TPSA) is 107 Å². The molecule has 2 heterocycles. The van der Waals surface area contributed by atoms with Gasteiger partial charge in [-0.05, 0) is 48.5 Å². The minimum absolute atomic E-state index is 0.112. The van der Waals surface area contributed by atoms with Crippen molar-refractivity contribution in [3.05, 3.63) is 48.5 Å². The summed E-state index contributed by atoms with van der Waals surface area (Å²) in [5.74, 6) is 0.494. The van der Waals surface area contributed by atoms with Crippen LogP contribution in [0.4, 0.5) is 11.4 Å². The van der Waals surface area contributed by atoms with E-state index in [0.29, 0.717) is 22.9 Å². The number of benzene rings is 2. The molecule has 0 N–H and O–H groups in total. The van der Waals surface area contributed by atoms with E-state index in [0.717, 1.165) is 0 Å². The maximum Gasteiger partial charge on any atom is 0.292 e. The van der Waals surface area contributed by atoms with Crippen molar-refractivity contribution in [1.29, 1.82) is 10.5 Å². The van der Waals surface area contributed by atoms with Crippen LogP contribution in [0.3, 0.4) is 0 Å². The Morgan fingerprint density at radius 2 is 0.892 bits per heavy atom. The molecule has 2 aliphatic rings. The minimum atomic E-state index is -1.13. The first kappa shape index (κ1) is 26.0. The first-order chi connectivity index (χ1) is 17.1. The molecule has 0 unspecified atom stereocenters. The second kappa shape index (κ2) is 7.98. The van der Waals surface area contributed by atoms with Gasteiger partial charge in [-0.2, -0.15) is 0 Å². The zero-order chi connectivity index (χ0) is 27.6. The number of nitrogens with zero attached hydrogens (tertiary/aromatic N) is 4. The van der Waals surface area contributed by atoms with Crippen LogP contribution in [0, 0.1) is 44.7 Å². The number of anilines is 2. The first-order valence-corrected chi connectivity index (χ1v) is 12.2. The van der Waals surface area contributed by atoms with Gasteiger partial charge in [-0.3, -0.25) is 19.4 Å². The number of ether oxygens (including phenoxy) is 2. The molecule has 2 amide bonds. The van der Waals surface area contributed by atoms with Crippen molar-refractivity contribution in [1.82, 2.24) is 0 Å². The molecule has 2 fully saturated rings. The van der Waals surface area contributed by atoms with Crippen LogP contribution in [-0.4, -0.2) is 17.5 Å². The van der Waals surface area contributed by atoms with Crippen molar-refractivity contribution in [3.63, 3.8) is 0 Å². The summed E-state index contributed by atoms with van der Waals surface area (Å²) in [7, 11) is 0. The van der Waals surface area contributed by atoms with E-state index < -0.39 is 27.3 Å². The Balaban J connectivity index is 2.08. The third-order valence-corrected chi connectivity index (χ3v) is 9.51. The second-order valence-electron chi connectivity index (χ2n) is 11.8. The minimum Gasteiger partial charge on any atom is -0.388 e. The highest BCUT2D eigenvalue weighted by atomic mass is 16.5. The second-order valence-corrected chi connectivity index (χ2v) is 11.8. The van der Waals surface area contributed by atoms with E-state index in [1.54, 1.807) is 70.8 Å². The van der Waals surface area contributed by atoms with Gasteiger partial charge in [-0.15, -0.1) is 10.5 Å². The molecule has 0 bridgehead atoms. The van der Waals surface area contributed by atoms with E-state index in [1.165, 1.54) is 0 Å². The molecule has 0 aliphatic carbocycles. The molecule has 0 aromatic heterocycles. The Morgan fingerprint density at radius 1 is 0.595 bits per heavy atom. The van der Waals surface area contributed by atoms with Crippen LogP contribution in [0.5, 0.6) is 11.5 Å². The summed E-state index contributed by atoms with van der Waals surface area (Å²) in [4.78, 5) is 32.3. The SMILES string of the molecule is CC1(C)C(=O)N(c2ccc(OC#N)cc2)C2(N(c3ccc(OC#N)cc3)C(=O)C(C)(C)C2(C)C)C1(C)C. The van der Waals surface area contributed by atoms with Crippen LogP contribution in [0.15, 0.2) is 48.5 Å². The van der Waals surface area contributed by atoms with Crippen LogP contribution in [-0.2, 0) is 9.59 Å². The normalized spacial score (nSPS) is 22.0. The average molecular weight is 501 g/mol. The van der Waals surface area contributed by atoms with Crippen molar-refractivity contribution in [2.75, 3.05) is 9.80 Å². The van der Waals surface area contributed by atoms with Crippen molar-refractivity contribution in [2.24, 2.45) is 21.7 Å². The molecule has 2 aromatic carbocycles. The Kier molecular flexibility index (Phi) is 5.61. The third-order valence-electron chi connectivity index (χ3n) is 9.51. The Bertz CT molecular complexity index is 1240. The van der Waals surface area contributed by atoms with Crippen molar-refractivity contribution in [3.8, 4) is 24.0 Å². The highest BCUT2D eigenvalue weighted by molar-refractivity contribution is 6.11. The monoisotopic (exact) mass is 500 g/mol. The lowest BCUT2D eigenvalue weighted by Crippen LogP contribution is -2.69. The summed E-state index contributed by atoms with van der Waals surface area (Å²) in [5.41, 5.74) is -3.12. The summed E-state index contributed by atoms with van der Waals surface area (Å²) in [6, 6.07) is 13.6. The van der Waals surface area contributed by atoms with E-state index in [-0.39, 0.29) is 11.8 Å². The molecule has 8 heteroatoms. The van der Waals surface area contributed by atoms with Crippen LogP contribution >= 0.6 is 0 Å². The van der Waals surface area contributed by atoms with E-state index in [9.17, 15) is 9.59 Å². The zero-order valence-corrected chi connectivity index (χ0v) is 22.5. The van der Waals surface area contributed by atoms with E-state index in [4.69, 9.17) is 20.0 Å². The summed E-state index contributed by atoms with van der Waals surface area (Å²) in [6.07, 6.45) is 3.33. The number of carbonyl (C=O) groups is 2. The predicted molar refractivity (Wildman–Crippen MR) is 138 cm³/mol. The molecule has 1 spiro atoms. The molecule has 0 atom stereocenters. The lowest BCUT2D eigenvalue weighted by Gasteiger charge is -2.58. The van der Waals surface area contributed by atoms with E-state index >= 15 is 0 Å². The number of carbonyl (C=O) groups excluding carboxylic acids is 2. The van der Waals surface area contributed by atoms with Gasteiger partial charge in [-0.1, -0.05) is 55.4 Å². The van der Waals surface area contributed by atoms with Crippen LogP contribution < -0.4 is 19.3 Å². The maximum absolute atomic E-state index is 14.4. The fourth-order valence-corrected chi connectivity index (χ4v) is 6.30. The van der Waals surface area contributed by atoms with Crippen LogP contribution in [0.25, 0.3) is 0 Å². The van der Waals surface area contributed by atoms with Crippen LogP contribution in [0.2, 0.25) is 0 Å². The lowest BCUT2D eigenvalue weighted by molar-refractivity contribution is -0.127. The first-order valence-electron chi connectivity index (χ1n) is 12.2. The molecule has 0 radical (unpaired) electrons. The average Bonchev–Trinajstić information content (AvgIpc) is 3.04. The van der Waals surface area contributed by atoms with Gasteiger partial charge in [0, 0.05) is 22.2 Å². The third kappa shape index (κ3) is 2.99. The molecule has 2 aliphatic heterocycles. The maximum atomic E-state index is 14.4. The van der Waals surface area contributed by atoms with Gasteiger partial charge in [0.05, 0.1) is 10.8 Å². The molecule has 4 rings (SSSR count). The number of hydrogen-bond acceptors (Lipinski definition) is 6. The largest absolute Gasteiger partial charge is 0.388 e. The summed E-state index contributed by atoms with van der Waals surface area (Å²) in [5, 5.41) is 17.8. The number of amides is 2. The Labute approximate surface area is 218 Å². The summed E-state index contributed by atoms with van der Waals surface area (Å²) in [6.45, 7) is 15.9. The Hall–Kier alpha value is -4.04. The predicted octanol–water partition coefficient (Wildman–Crippen LogP) is 5.60. The van der Waals surface area contributed by atoms with Crippen molar-refractivity contribution < 1.29 is 19.1 Å². The van der Waals surface area contributed by atoms with E-state index in [1.807, 2.05) is 27.7 Å². The van der Waals surface area contributed by atoms with Gasteiger partial charge < -0.3 is 9.47 Å². The molecular weight excluding hydrogens is 468 g/mol. The molecule has 8 nitrogen and oxygen atoms in total. The number of hydrogen-bond donors (Lipinski definition) is 0. The number of nitriles is 2. The lowest BCUT2D eigenvalue weighted by atomic mass is 9.53. The summed E-state index contributed by atoms with van der Waals surface area (Å²) < 4.78 is 9.93. The fraction of sp³-hybridized carbons (Fsp3) is 0.448. The molecule has 0 saturated carbocycles. The van der Waals surface area contributed by atoms with Crippen molar-refractivity contribution >= 4 is 23.2 Å². The molecule has 2 saturated heterocycles. The molecule has 37 heavy (non-hydrogen) atoms. The van der Waals surface area contributed by atoms with Crippen LogP contribution in [0.1, 0.15) is 55.4 Å². The van der Waals surface area contributed by atoms with E-state index in [2.05, 4.69) is 27.7 Å². The van der Waals surface area contributed by atoms with Gasteiger partial charge in [0.1, 0.15) is 17.2 Å². The highest BCUT2D eigenvalue weighted by Crippen LogP contribution is 2.72. The van der Waals surface area contributed by atoms with Gasteiger partial charge in [0.25, 0.3) is 12.5 Å². The highest BCUT2D eigenvalue weighted by Gasteiger charge is 2.82. The molecule has 192 valence electrons. The quantitative estimate of drug-likeness (QED) is 0.506. The standard InChI is InChI=1S/C29H32N4O4/c1-25(2)23(34)32(19-9-13-21(14-10-19)36-17-30)29(27(25,5)6)28(7,8)26(3,4)24(35)33(29)20-11-15-22(16-12-20)37-18-31/h9-16H,1-8H3. The van der Waals surface area contributed by atoms with Crippen molar-refractivity contribution in [2.45, 2.75) is 61.1 Å². The molecular formula is C29H32N4O4. The van der Waals surface area contributed by atoms with Gasteiger partial charge in [0.2, 0.25) is 11.8 Å². The number of rotatable bonds is 4.